The van der Waals surface area contributed by atoms with Crippen LogP contribution in [0.1, 0.15) is 38.1 Å². The van der Waals surface area contributed by atoms with Crippen LogP contribution in [-0.2, 0) is 9.47 Å². The molecule has 0 spiro atoms. The van der Waals surface area contributed by atoms with E-state index in [9.17, 15) is 19.7 Å². The van der Waals surface area contributed by atoms with Crippen molar-refractivity contribution in [1.82, 2.24) is 4.90 Å². The first kappa shape index (κ1) is 18.7. The highest BCUT2D eigenvalue weighted by atomic mass is 16.6. The predicted octanol–water partition coefficient (Wildman–Crippen LogP) is 3.01. The standard InChI is InChI=1S/C17H22N2O6/c1-11-9-18(16(21)25-17(2,3)4)10-14(11)24-15(20)12-5-7-13(8-6-12)19(22)23/h5-8,11,14H,9-10H2,1-4H3/t11-,14+/m1/s1. The number of benzene rings is 1. The van der Waals surface area contributed by atoms with Crippen molar-refractivity contribution in [1.29, 1.82) is 0 Å². The Kier molecular flexibility index (Phi) is 5.30. The van der Waals surface area contributed by atoms with Gasteiger partial charge in [-0.05, 0) is 32.9 Å². The molecule has 25 heavy (non-hydrogen) atoms. The van der Waals surface area contributed by atoms with Crippen LogP contribution in [0.15, 0.2) is 24.3 Å². The maximum absolute atomic E-state index is 12.2. The molecule has 1 fully saturated rings. The molecule has 1 amide bonds. The molecule has 2 atom stereocenters. The molecule has 0 aromatic heterocycles. The molecule has 0 radical (unpaired) electrons. The lowest BCUT2D eigenvalue weighted by atomic mass is 10.1. The number of nitro benzene ring substituents is 1. The minimum Gasteiger partial charge on any atom is -0.457 e. The fourth-order valence-electron chi connectivity index (χ4n) is 2.49. The van der Waals surface area contributed by atoms with Crippen molar-refractivity contribution >= 4 is 17.7 Å². The number of esters is 1. The second kappa shape index (κ2) is 7.08. The van der Waals surface area contributed by atoms with Crippen molar-refractivity contribution in [3.8, 4) is 0 Å². The van der Waals surface area contributed by atoms with Crippen LogP contribution >= 0.6 is 0 Å². The van der Waals surface area contributed by atoms with Gasteiger partial charge in [0.15, 0.2) is 0 Å². The number of carbonyl (C=O) groups is 2. The van der Waals surface area contributed by atoms with E-state index < -0.39 is 28.7 Å². The number of likely N-dealkylation sites (tertiary alicyclic amines) is 1. The zero-order chi connectivity index (χ0) is 18.8. The third-order valence-electron chi connectivity index (χ3n) is 3.77. The number of non-ortho nitro benzene ring substituents is 1. The van der Waals surface area contributed by atoms with Gasteiger partial charge in [-0.1, -0.05) is 6.92 Å². The summed E-state index contributed by atoms with van der Waals surface area (Å²) in [6, 6.07) is 5.21. The summed E-state index contributed by atoms with van der Waals surface area (Å²) < 4.78 is 10.8. The highest BCUT2D eigenvalue weighted by Crippen LogP contribution is 2.23. The van der Waals surface area contributed by atoms with Gasteiger partial charge in [-0.15, -0.1) is 0 Å². The Balaban J connectivity index is 1.97. The van der Waals surface area contributed by atoms with Crippen molar-refractivity contribution in [2.45, 2.75) is 39.4 Å². The van der Waals surface area contributed by atoms with Crippen molar-refractivity contribution in [2.75, 3.05) is 13.1 Å². The number of carbonyl (C=O) groups excluding carboxylic acids is 2. The molecule has 136 valence electrons. The van der Waals surface area contributed by atoms with Gasteiger partial charge >= 0.3 is 12.1 Å². The molecule has 1 aliphatic heterocycles. The average Bonchev–Trinajstić information content (AvgIpc) is 2.87. The van der Waals surface area contributed by atoms with Gasteiger partial charge in [0.25, 0.3) is 5.69 Å². The molecule has 0 aliphatic carbocycles. The van der Waals surface area contributed by atoms with Crippen LogP contribution in [0.5, 0.6) is 0 Å². The van der Waals surface area contributed by atoms with Crippen LogP contribution in [0.3, 0.4) is 0 Å². The van der Waals surface area contributed by atoms with E-state index in [4.69, 9.17) is 9.47 Å². The van der Waals surface area contributed by atoms with Gasteiger partial charge in [0.2, 0.25) is 0 Å². The van der Waals surface area contributed by atoms with Crippen LogP contribution in [0.2, 0.25) is 0 Å². The summed E-state index contributed by atoms with van der Waals surface area (Å²) in [6.45, 7) is 7.95. The maximum atomic E-state index is 12.2. The zero-order valence-corrected chi connectivity index (χ0v) is 14.7. The molecule has 1 saturated heterocycles. The van der Waals surface area contributed by atoms with Gasteiger partial charge in [-0.2, -0.15) is 0 Å². The summed E-state index contributed by atoms with van der Waals surface area (Å²) in [4.78, 5) is 35.9. The lowest BCUT2D eigenvalue weighted by Gasteiger charge is -2.24. The molecule has 1 heterocycles. The van der Waals surface area contributed by atoms with E-state index in [1.807, 2.05) is 6.92 Å². The average molecular weight is 350 g/mol. The van der Waals surface area contributed by atoms with Crippen LogP contribution in [0.4, 0.5) is 10.5 Å². The van der Waals surface area contributed by atoms with E-state index in [-0.39, 0.29) is 23.7 Å². The van der Waals surface area contributed by atoms with Gasteiger partial charge in [0, 0.05) is 24.6 Å². The fourth-order valence-corrected chi connectivity index (χ4v) is 2.49. The Bertz CT molecular complexity index is 665. The summed E-state index contributed by atoms with van der Waals surface area (Å²) >= 11 is 0. The van der Waals surface area contributed by atoms with E-state index >= 15 is 0 Å². The van der Waals surface area contributed by atoms with E-state index in [2.05, 4.69) is 0 Å². The Hall–Kier alpha value is -2.64. The lowest BCUT2D eigenvalue weighted by Crippen LogP contribution is -2.36. The highest BCUT2D eigenvalue weighted by molar-refractivity contribution is 5.89. The maximum Gasteiger partial charge on any atom is 0.410 e. The Morgan fingerprint density at radius 2 is 1.80 bits per heavy atom. The number of ether oxygens (including phenoxy) is 2. The summed E-state index contributed by atoms with van der Waals surface area (Å²) in [6.07, 6.45) is -0.886. The first-order valence-electron chi connectivity index (χ1n) is 8.00. The van der Waals surface area contributed by atoms with Crippen LogP contribution in [-0.4, -0.2) is 46.7 Å². The van der Waals surface area contributed by atoms with E-state index in [1.54, 1.807) is 20.8 Å². The van der Waals surface area contributed by atoms with Crippen molar-refractivity contribution in [3.05, 3.63) is 39.9 Å². The second-order valence-electron chi connectivity index (χ2n) is 7.11. The van der Waals surface area contributed by atoms with E-state index in [0.29, 0.717) is 6.54 Å². The van der Waals surface area contributed by atoms with E-state index in [1.165, 1.54) is 29.2 Å². The van der Waals surface area contributed by atoms with Crippen LogP contribution in [0, 0.1) is 16.0 Å². The monoisotopic (exact) mass is 350 g/mol. The van der Waals surface area contributed by atoms with Gasteiger partial charge in [-0.3, -0.25) is 10.1 Å². The molecule has 1 aromatic rings. The largest absolute Gasteiger partial charge is 0.457 e. The van der Waals surface area contributed by atoms with Gasteiger partial charge in [0.1, 0.15) is 11.7 Å². The predicted molar refractivity (Wildman–Crippen MR) is 89.3 cm³/mol. The molecule has 1 aromatic carbocycles. The van der Waals surface area contributed by atoms with Crippen LogP contribution in [0.25, 0.3) is 0 Å². The molecule has 0 bridgehead atoms. The molecule has 0 saturated carbocycles. The Morgan fingerprint density at radius 1 is 1.20 bits per heavy atom. The Labute approximate surface area is 145 Å². The Morgan fingerprint density at radius 3 is 2.32 bits per heavy atom. The topological polar surface area (TPSA) is 99.0 Å². The number of hydrogen-bond donors (Lipinski definition) is 0. The minimum atomic E-state index is -0.589. The summed E-state index contributed by atoms with van der Waals surface area (Å²) in [5.74, 6) is -0.604. The second-order valence-corrected chi connectivity index (χ2v) is 7.11. The first-order chi connectivity index (χ1) is 11.6. The van der Waals surface area contributed by atoms with Crippen LogP contribution < -0.4 is 0 Å². The zero-order valence-electron chi connectivity index (χ0n) is 14.7. The number of nitrogens with zero attached hydrogens (tertiary/aromatic N) is 2. The molecule has 0 unspecified atom stereocenters. The fraction of sp³-hybridized carbons (Fsp3) is 0.529. The molecular weight excluding hydrogens is 328 g/mol. The smallest absolute Gasteiger partial charge is 0.410 e. The third kappa shape index (κ3) is 4.91. The van der Waals surface area contributed by atoms with Crippen molar-refractivity contribution < 1.29 is 24.0 Å². The van der Waals surface area contributed by atoms with Crippen molar-refractivity contribution in [3.63, 3.8) is 0 Å². The number of nitro groups is 1. The molecule has 8 nitrogen and oxygen atoms in total. The van der Waals surface area contributed by atoms with Gasteiger partial charge in [0.05, 0.1) is 17.0 Å². The quantitative estimate of drug-likeness (QED) is 0.472. The summed E-state index contributed by atoms with van der Waals surface area (Å²) in [5, 5.41) is 10.6. The SMILES string of the molecule is C[C@@H]1CN(C(=O)OC(C)(C)C)C[C@@H]1OC(=O)c1ccc([N+](=O)[O-])cc1. The minimum absolute atomic E-state index is 0.0329. The van der Waals surface area contributed by atoms with E-state index in [0.717, 1.165) is 0 Å². The number of hydrogen-bond acceptors (Lipinski definition) is 6. The summed E-state index contributed by atoms with van der Waals surface area (Å²) in [7, 11) is 0. The van der Waals surface area contributed by atoms with Gasteiger partial charge < -0.3 is 14.4 Å². The molecular formula is C17H22N2O6. The van der Waals surface area contributed by atoms with Crippen molar-refractivity contribution in [2.24, 2.45) is 5.92 Å². The molecule has 2 rings (SSSR count). The molecule has 0 N–H and O–H groups in total. The van der Waals surface area contributed by atoms with Gasteiger partial charge in [-0.25, -0.2) is 9.59 Å². The normalized spacial score (nSPS) is 20.2. The first-order valence-corrected chi connectivity index (χ1v) is 8.00. The highest BCUT2D eigenvalue weighted by Gasteiger charge is 2.37. The number of rotatable bonds is 3. The molecule has 8 heteroatoms. The molecule has 1 aliphatic rings. The lowest BCUT2D eigenvalue weighted by molar-refractivity contribution is -0.384. The summed E-state index contributed by atoms with van der Waals surface area (Å²) in [5.41, 5.74) is -0.455. The third-order valence-corrected chi connectivity index (χ3v) is 3.77. The number of amides is 1.